The molecule has 0 bridgehead atoms. The summed E-state index contributed by atoms with van der Waals surface area (Å²) in [4.78, 5) is 28.4. The second kappa shape index (κ2) is 8.76. The number of hydrogen-bond acceptors (Lipinski definition) is 4. The predicted octanol–water partition coefficient (Wildman–Crippen LogP) is 4.54. The lowest BCUT2D eigenvalue weighted by atomic mass is 9.97. The van der Waals surface area contributed by atoms with Crippen molar-refractivity contribution < 1.29 is 14.3 Å². The van der Waals surface area contributed by atoms with Crippen molar-refractivity contribution in [3.05, 3.63) is 58.3 Å². The summed E-state index contributed by atoms with van der Waals surface area (Å²) in [5.41, 5.74) is 2.09. The normalized spacial score (nSPS) is 13.0. The molecule has 0 saturated heterocycles. The van der Waals surface area contributed by atoms with E-state index in [0.717, 1.165) is 17.7 Å². The molecule has 2 aromatic rings. The van der Waals surface area contributed by atoms with E-state index < -0.39 is 12.1 Å². The van der Waals surface area contributed by atoms with Crippen LogP contribution in [-0.2, 0) is 9.53 Å². The van der Waals surface area contributed by atoms with Gasteiger partial charge in [-0.25, -0.2) is 4.79 Å². The highest BCUT2D eigenvalue weighted by atomic mass is 79.9. The molecule has 0 fully saturated rings. The minimum absolute atomic E-state index is 0.286. The molecule has 1 aromatic carbocycles. The Kier molecular flexibility index (Phi) is 6.70. The van der Waals surface area contributed by atoms with Gasteiger partial charge in [0, 0.05) is 22.6 Å². The van der Waals surface area contributed by atoms with Crippen molar-refractivity contribution in [3.8, 4) is 0 Å². The highest BCUT2D eigenvalue weighted by Gasteiger charge is 2.20. The summed E-state index contributed by atoms with van der Waals surface area (Å²) in [7, 11) is 0. The number of benzene rings is 1. The van der Waals surface area contributed by atoms with Crippen molar-refractivity contribution in [3.63, 3.8) is 0 Å². The van der Waals surface area contributed by atoms with Crippen molar-refractivity contribution in [2.75, 3.05) is 5.32 Å². The lowest BCUT2D eigenvalue weighted by molar-refractivity contribution is -0.123. The minimum atomic E-state index is -0.920. The molecule has 6 heteroatoms. The third-order valence-corrected chi connectivity index (χ3v) is 4.39. The fourth-order valence-corrected chi connectivity index (χ4v) is 2.67. The van der Waals surface area contributed by atoms with Crippen molar-refractivity contribution in [2.24, 2.45) is 0 Å². The van der Waals surface area contributed by atoms with E-state index in [4.69, 9.17) is 4.74 Å². The van der Waals surface area contributed by atoms with Gasteiger partial charge in [-0.15, -0.1) is 0 Å². The van der Waals surface area contributed by atoms with Gasteiger partial charge in [-0.1, -0.05) is 32.0 Å². The van der Waals surface area contributed by atoms with E-state index in [9.17, 15) is 9.59 Å². The zero-order valence-corrected chi connectivity index (χ0v) is 16.0. The molecular formula is C19H21BrN2O3. The number of hydrogen-bond donors (Lipinski definition) is 1. The Morgan fingerprint density at radius 2 is 1.96 bits per heavy atom. The summed E-state index contributed by atoms with van der Waals surface area (Å²) in [6.07, 6.45) is 3.01. The van der Waals surface area contributed by atoms with Gasteiger partial charge in [0.25, 0.3) is 5.91 Å². The van der Waals surface area contributed by atoms with Crippen LogP contribution in [0, 0.1) is 0 Å². The fraction of sp³-hybridized carbons (Fsp3) is 0.316. The SMILES string of the molecule is CCC(C)c1ccccc1NC(=O)C(C)OC(=O)c1cncc(Br)c1. The molecule has 0 radical (unpaired) electrons. The molecule has 2 unspecified atom stereocenters. The average Bonchev–Trinajstić information content (AvgIpc) is 2.61. The van der Waals surface area contributed by atoms with E-state index in [1.165, 1.54) is 6.20 Å². The van der Waals surface area contributed by atoms with Gasteiger partial charge in [0.15, 0.2) is 6.10 Å². The number of halogens is 1. The van der Waals surface area contributed by atoms with E-state index in [1.54, 1.807) is 19.2 Å². The lowest BCUT2D eigenvalue weighted by Gasteiger charge is -2.18. The van der Waals surface area contributed by atoms with Crippen molar-refractivity contribution in [2.45, 2.75) is 39.2 Å². The zero-order chi connectivity index (χ0) is 18.4. The van der Waals surface area contributed by atoms with Gasteiger partial charge in [0.2, 0.25) is 0 Å². The second-order valence-corrected chi connectivity index (χ2v) is 6.74. The molecule has 1 amide bonds. The number of nitrogens with zero attached hydrogens (tertiary/aromatic N) is 1. The lowest BCUT2D eigenvalue weighted by Crippen LogP contribution is -2.30. The van der Waals surface area contributed by atoms with E-state index in [-0.39, 0.29) is 11.5 Å². The predicted molar refractivity (Wildman–Crippen MR) is 101 cm³/mol. The Hall–Kier alpha value is -2.21. The molecular weight excluding hydrogens is 384 g/mol. The molecule has 2 atom stereocenters. The van der Waals surface area contributed by atoms with Crippen LogP contribution in [0.25, 0.3) is 0 Å². The largest absolute Gasteiger partial charge is 0.449 e. The summed E-state index contributed by atoms with van der Waals surface area (Å²) < 4.78 is 5.91. The van der Waals surface area contributed by atoms with Gasteiger partial charge in [0.05, 0.1) is 5.56 Å². The number of esters is 1. The molecule has 1 heterocycles. The number of nitrogens with one attached hydrogen (secondary N) is 1. The molecule has 0 aliphatic heterocycles. The minimum Gasteiger partial charge on any atom is -0.449 e. The molecule has 1 N–H and O–H groups in total. The van der Waals surface area contributed by atoms with Crippen LogP contribution in [0.1, 0.15) is 49.0 Å². The van der Waals surface area contributed by atoms with Crippen molar-refractivity contribution >= 4 is 33.5 Å². The van der Waals surface area contributed by atoms with Crippen LogP contribution in [0.5, 0.6) is 0 Å². The first-order chi connectivity index (χ1) is 11.9. The maximum absolute atomic E-state index is 12.4. The standard InChI is InChI=1S/C19H21BrN2O3/c1-4-12(2)16-7-5-6-8-17(16)22-18(23)13(3)25-19(24)14-9-15(20)11-21-10-14/h5-13H,4H2,1-3H3,(H,22,23). The molecule has 2 rings (SSSR count). The average molecular weight is 405 g/mol. The number of amides is 1. The van der Waals surface area contributed by atoms with Crippen LogP contribution in [-0.4, -0.2) is 23.0 Å². The number of rotatable bonds is 6. The molecule has 1 aromatic heterocycles. The Balaban J connectivity index is 2.05. The Morgan fingerprint density at radius 1 is 1.24 bits per heavy atom. The third-order valence-electron chi connectivity index (χ3n) is 3.96. The number of carbonyl (C=O) groups is 2. The molecule has 5 nitrogen and oxygen atoms in total. The van der Waals surface area contributed by atoms with Crippen LogP contribution < -0.4 is 5.32 Å². The van der Waals surface area contributed by atoms with Crippen LogP contribution in [0.15, 0.2) is 47.2 Å². The monoisotopic (exact) mass is 404 g/mol. The van der Waals surface area contributed by atoms with Crippen LogP contribution in [0.3, 0.4) is 0 Å². The zero-order valence-electron chi connectivity index (χ0n) is 14.5. The van der Waals surface area contributed by atoms with Gasteiger partial charge < -0.3 is 10.1 Å². The van der Waals surface area contributed by atoms with Gasteiger partial charge in [-0.05, 0) is 52.9 Å². The van der Waals surface area contributed by atoms with Crippen molar-refractivity contribution in [1.29, 1.82) is 0 Å². The smallest absolute Gasteiger partial charge is 0.340 e. The van der Waals surface area contributed by atoms with E-state index in [1.807, 2.05) is 24.3 Å². The molecule has 25 heavy (non-hydrogen) atoms. The third kappa shape index (κ3) is 5.13. The molecule has 0 aliphatic rings. The first-order valence-electron chi connectivity index (χ1n) is 8.13. The van der Waals surface area contributed by atoms with Crippen LogP contribution >= 0.6 is 15.9 Å². The van der Waals surface area contributed by atoms with E-state index in [0.29, 0.717) is 10.4 Å². The van der Waals surface area contributed by atoms with Gasteiger partial charge in [0.1, 0.15) is 0 Å². The topological polar surface area (TPSA) is 68.3 Å². The molecule has 0 saturated carbocycles. The van der Waals surface area contributed by atoms with Gasteiger partial charge in [-0.3, -0.25) is 9.78 Å². The molecule has 0 aliphatic carbocycles. The number of carbonyl (C=O) groups excluding carboxylic acids is 2. The number of pyridine rings is 1. The number of ether oxygens (including phenoxy) is 1. The Morgan fingerprint density at radius 3 is 2.64 bits per heavy atom. The first kappa shape index (κ1) is 19.1. The fourth-order valence-electron chi connectivity index (χ4n) is 2.30. The maximum atomic E-state index is 12.4. The number of aromatic nitrogens is 1. The van der Waals surface area contributed by atoms with E-state index >= 15 is 0 Å². The molecule has 0 spiro atoms. The van der Waals surface area contributed by atoms with E-state index in [2.05, 4.69) is 40.1 Å². The second-order valence-electron chi connectivity index (χ2n) is 5.83. The van der Waals surface area contributed by atoms with Gasteiger partial charge >= 0.3 is 5.97 Å². The number of para-hydroxylation sites is 1. The van der Waals surface area contributed by atoms with Crippen LogP contribution in [0.4, 0.5) is 5.69 Å². The quantitative estimate of drug-likeness (QED) is 0.717. The van der Waals surface area contributed by atoms with Gasteiger partial charge in [-0.2, -0.15) is 0 Å². The summed E-state index contributed by atoms with van der Waals surface area (Å²) in [6, 6.07) is 9.25. The summed E-state index contributed by atoms with van der Waals surface area (Å²) in [6.45, 7) is 5.75. The Bertz CT molecular complexity index is 764. The number of anilines is 1. The van der Waals surface area contributed by atoms with Crippen LogP contribution in [0.2, 0.25) is 0 Å². The molecule has 132 valence electrons. The highest BCUT2D eigenvalue weighted by molar-refractivity contribution is 9.10. The Labute approximate surface area is 155 Å². The highest BCUT2D eigenvalue weighted by Crippen LogP contribution is 2.26. The summed E-state index contributed by atoms with van der Waals surface area (Å²) >= 11 is 3.25. The summed E-state index contributed by atoms with van der Waals surface area (Å²) in [5, 5.41) is 2.85. The van der Waals surface area contributed by atoms with Crippen molar-refractivity contribution in [1.82, 2.24) is 4.98 Å². The first-order valence-corrected chi connectivity index (χ1v) is 8.93. The summed E-state index contributed by atoms with van der Waals surface area (Å²) in [5.74, 6) is -0.638. The maximum Gasteiger partial charge on any atom is 0.340 e.